The first-order valence-electron chi connectivity index (χ1n) is 4.40. The highest BCUT2D eigenvalue weighted by molar-refractivity contribution is 5.86. The number of hydrogen-bond acceptors (Lipinski definition) is 3. The first-order valence-corrected chi connectivity index (χ1v) is 4.40. The van der Waals surface area contributed by atoms with Gasteiger partial charge in [0.05, 0.1) is 0 Å². The molecule has 5 nitrogen and oxygen atoms in total. The van der Waals surface area contributed by atoms with Gasteiger partial charge < -0.3 is 14.7 Å². The highest BCUT2D eigenvalue weighted by Gasteiger charge is 2.36. The van der Waals surface area contributed by atoms with Crippen LogP contribution in [0.4, 0.5) is 0 Å². The number of likely N-dealkylation sites (N-methyl/N-ethyl adjacent to an activating group) is 1. The molecule has 0 saturated carbocycles. The van der Waals surface area contributed by atoms with Gasteiger partial charge in [-0.1, -0.05) is 0 Å². The smallest absolute Gasteiger partial charge is 0.329 e. The average molecular weight is 203 g/mol. The van der Waals surface area contributed by atoms with E-state index in [2.05, 4.69) is 4.74 Å². The van der Waals surface area contributed by atoms with Crippen molar-refractivity contribution in [1.82, 2.24) is 4.90 Å². The SMILES string of the molecule is CCN(C(=O)COC)C(C)(C)C(=O)O. The summed E-state index contributed by atoms with van der Waals surface area (Å²) in [6.45, 7) is 4.98. The van der Waals surface area contributed by atoms with Gasteiger partial charge in [-0.15, -0.1) is 0 Å². The van der Waals surface area contributed by atoms with Crippen molar-refractivity contribution in [2.45, 2.75) is 26.3 Å². The third kappa shape index (κ3) is 2.70. The number of carboxylic acid groups (broad SMARTS) is 1. The minimum Gasteiger partial charge on any atom is -0.480 e. The van der Waals surface area contributed by atoms with Crippen molar-refractivity contribution in [3.8, 4) is 0 Å². The molecule has 5 heteroatoms. The molecule has 0 aliphatic heterocycles. The second kappa shape index (κ2) is 4.95. The third-order valence-corrected chi connectivity index (χ3v) is 2.08. The van der Waals surface area contributed by atoms with Crippen molar-refractivity contribution in [2.75, 3.05) is 20.3 Å². The number of methoxy groups -OCH3 is 1. The van der Waals surface area contributed by atoms with Gasteiger partial charge >= 0.3 is 5.97 Å². The predicted octanol–water partition coefficient (Wildman–Crippen LogP) is 0.344. The third-order valence-electron chi connectivity index (χ3n) is 2.08. The average Bonchev–Trinajstić information content (AvgIpc) is 2.04. The van der Waals surface area contributed by atoms with Crippen molar-refractivity contribution >= 4 is 11.9 Å². The van der Waals surface area contributed by atoms with Crippen LogP contribution >= 0.6 is 0 Å². The van der Waals surface area contributed by atoms with Gasteiger partial charge in [-0.2, -0.15) is 0 Å². The molecule has 0 fully saturated rings. The lowest BCUT2D eigenvalue weighted by Crippen LogP contribution is -2.53. The molecule has 0 aromatic heterocycles. The first kappa shape index (κ1) is 12.9. The van der Waals surface area contributed by atoms with Crippen molar-refractivity contribution in [3.05, 3.63) is 0 Å². The van der Waals surface area contributed by atoms with Gasteiger partial charge in [0.15, 0.2) is 0 Å². The quantitative estimate of drug-likeness (QED) is 0.700. The van der Waals surface area contributed by atoms with E-state index in [0.717, 1.165) is 0 Å². The molecule has 0 aliphatic rings. The molecule has 14 heavy (non-hydrogen) atoms. The number of nitrogens with zero attached hydrogens (tertiary/aromatic N) is 1. The van der Waals surface area contributed by atoms with E-state index >= 15 is 0 Å². The lowest BCUT2D eigenvalue weighted by atomic mass is 10.0. The number of carboxylic acids is 1. The van der Waals surface area contributed by atoms with Gasteiger partial charge in [-0.25, -0.2) is 4.79 Å². The van der Waals surface area contributed by atoms with Crippen molar-refractivity contribution in [2.24, 2.45) is 0 Å². The summed E-state index contributed by atoms with van der Waals surface area (Å²) in [4.78, 5) is 23.6. The van der Waals surface area contributed by atoms with Crippen LogP contribution in [0.25, 0.3) is 0 Å². The number of aliphatic carboxylic acids is 1. The van der Waals surface area contributed by atoms with Gasteiger partial charge in [0.1, 0.15) is 12.1 Å². The fourth-order valence-corrected chi connectivity index (χ4v) is 1.20. The summed E-state index contributed by atoms with van der Waals surface area (Å²) in [5, 5.41) is 8.93. The van der Waals surface area contributed by atoms with Gasteiger partial charge in [0.25, 0.3) is 0 Å². The lowest BCUT2D eigenvalue weighted by Gasteiger charge is -2.33. The van der Waals surface area contributed by atoms with Crippen molar-refractivity contribution < 1.29 is 19.4 Å². The molecule has 82 valence electrons. The molecule has 0 aliphatic carbocycles. The van der Waals surface area contributed by atoms with E-state index in [1.165, 1.54) is 25.9 Å². The molecule has 0 rings (SSSR count). The Morgan fingerprint density at radius 2 is 1.93 bits per heavy atom. The highest BCUT2D eigenvalue weighted by Crippen LogP contribution is 2.14. The maximum atomic E-state index is 11.5. The molecule has 0 saturated heterocycles. The normalized spacial score (nSPS) is 11.1. The standard InChI is InChI=1S/C9H17NO4/c1-5-10(7(11)6-14-4)9(2,3)8(12)13/h5-6H2,1-4H3,(H,12,13). The molecule has 0 atom stereocenters. The van der Waals surface area contributed by atoms with Crippen LogP contribution in [-0.4, -0.2) is 47.7 Å². The Balaban J connectivity index is 4.71. The summed E-state index contributed by atoms with van der Waals surface area (Å²) >= 11 is 0. The summed E-state index contributed by atoms with van der Waals surface area (Å²) in [5.41, 5.74) is -1.19. The van der Waals surface area contributed by atoms with Crippen LogP contribution in [-0.2, 0) is 14.3 Å². The Kier molecular flexibility index (Phi) is 4.56. The fraction of sp³-hybridized carbons (Fsp3) is 0.778. The zero-order chi connectivity index (χ0) is 11.4. The molecule has 1 amide bonds. The van der Waals surface area contributed by atoms with E-state index in [4.69, 9.17) is 5.11 Å². The maximum Gasteiger partial charge on any atom is 0.329 e. The van der Waals surface area contributed by atoms with E-state index in [9.17, 15) is 9.59 Å². The Labute approximate surface area is 83.6 Å². The molecular formula is C9H17NO4. The molecule has 0 heterocycles. The highest BCUT2D eigenvalue weighted by atomic mass is 16.5. The summed E-state index contributed by atoms with van der Waals surface area (Å²) in [5.74, 6) is -1.34. The molecule has 0 aromatic rings. The van der Waals surface area contributed by atoms with E-state index < -0.39 is 11.5 Å². The first-order chi connectivity index (χ1) is 6.37. The van der Waals surface area contributed by atoms with Crippen molar-refractivity contribution in [3.63, 3.8) is 0 Å². The van der Waals surface area contributed by atoms with Crippen LogP contribution in [0.5, 0.6) is 0 Å². The maximum absolute atomic E-state index is 11.5. The van der Waals surface area contributed by atoms with Gasteiger partial charge in [0, 0.05) is 13.7 Å². The Morgan fingerprint density at radius 3 is 2.21 bits per heavy atom. The zero-order valence-corrected chi connectivity index (χ0v) is 9.03. The molecule has 0 bridgehead atoms. The van der Waals surface area contributed by atoms with E-state index in [1.807, 2.05) is 0 Å². The Hall–Kier alpha value is -1.10. The second-order valence-corrected chi connectivity index (χ2v) is 3.44. The fourth-order valence-electron chi connectivity index (χ4n) is 1.20. The number of rotatable bonds is 5. The molecule has 0 unspecified atom stereocenters. The number of amides is 1. The number of hydrogen-bond donors (Lipinski definition) is 1. The minimum absolute atomic E-state index is 0.0927. The number of carbonyl (C=O) groups excluding carboxylic acids is 1. The van der Waals surface area contributed by atoms with Crippen LogP contribution in [0.1, 0.15) is 20.8 Å². The van der Waals surface area contributed by atoms with E-state index in [0.29, 0.717) is 6.54 Å². The predicted molar refractivity (Wildman–Crippen MR) is 51.0 cm³/mol. The lowest BCUT2D eigenvalue weighted by molar-refractivity contribution is -0.158. The molecule has 0 spiro atoms. The molecule has 0 radical (unpaired) electrons. The number of carbonyl (C=O) groups is 2. The van der Waals surface area contributed by atoms with Crippen LogP contribution in [0.2, 0.25) is 0 Å². The molecular weight excluding hydrogens is 186 g/mol. The summed E-state index contributed by atoms with van der Waals surface area (Å²) in [7, 11) is 1.40. The number of ether oxygens (including phenoxy) is 1. The van der Waals surface area contributed by atoms with E-state index in [1.54, 1.807) is 6.92 Å². The van der Waals surface area contributed by atoms with Gasteiger partial charge in [-0.3, -0.25) is 4.79 Å². The largest absolute Gasteiger partial charge is 0.480 e. The van der Waals surface area contributed by atoms with Crippen LogP contribution < -0.4 is 0 Å². The van der Waals surface area contributed by atoms with Crippen LogP contribution in [0.3, 0.4) is 0 Å². The topological polar surface area (TPSA) is 66.8 Å². The van der Waals surface area contributed by atoms with E-state index in [-0.39, 0.29) is 12.5 Å². The van der Waals surface area contributed by atoms with Crippen LogP contribution in [0, 0.1) is 0 Å². The Morgan fingerprint density at radius 1 is 1.43 bits per heavy atom. The minimum atomic E-state index is -1.19. The summed E-state index contributed by atoms with van der Waals surface area (Å²) in [6, 6.07) is 0. The van der Waals surface area contributed by atoms with Crippen LogP contribution in [0.15, 0.2) is 0 Å². The zero-order valence-electron chi connectivity index (χ0n) is 9.03. The van der Waals surface area contributed by atoms with Crippen molar-refractivity contribution in [1.29, 1.82) is 0 Å². The summed E-state index contributed by atoms with van der Waals surface area (Å²) < 4.78 is 4.68. The van der Waals surface area contributed by atoms with Gasteiger partial charge in [-0.05, 0) is 20.8 Å². The van der Waals surface area contributed by atoms with Gasteiger partial charge in [0.2, 0.25) is 5.91 Å². The second-order valence-electron chi connectivity index (χ2n) is 3.44. The Bertz CT molecular complexity index is 225. The molecule has 1 N–H and O–H groups in total. The monoisotopic (exact) mass is 203 g/mol. The molecule has 0 aromatic carbocycles. The summed E-state index contributed by atoms with van der Waals surface area (Å²) in [6.07, 6.45) is 0.